The third kappa shape index (κ3) is 3.91. The van der Waals surface area contributed by atoms with E-state index < -0.39 is 11.7 Å². The molecule has 25 heavy (non-hydrogen) atoms. The van der Waals surface area contributed by atoms with E-state index in [1.54, 1.807) is 19.2 Å². The summed E-state index contributed by atoms with van der Waals surface area (Å²) in [5.41, 5.74) is 1.56. The zero-order valence-corrected chi connectivity index (χ0v) is 14.5. The molecule has 1 saturated heterocycles. The lowest BCUT2D eigenvalue weighted by Crippen LogP contribution is -2.44. The molecule has 1 aliphatic rings. The standard InChI is InChI=1S/C19H22FN3O2/c1-22-9-11-23(12-10-22)14-7-8-18(25-2)17(13-14)21-19(24)15-5-3-4-6-16(15)20/h3-8,13H,9-12H2,1-2H3,(H,21,24). The molecule has 5 nitrogen and oxygen atoms in total. The van der Waals surface area contributed by atoms with Crippen LogP contribution in [0.25, 0.3) is 0 Å². The first kappa shape index (κ1) is 17.2. The van der Waals surface area contributed by atoms with Crippen LogP contribution in [0.4, 0.5) is 15.8 Å². The highest BCUT2D eigenvalue weighted by atomic mass is 19.1. The number of carbonyl (C=O) groups is 1. The van der Waals surface area contributed by atoms with Crippen molar-refractivity contribution in [2.45, 2.75) is 0 Å². The summed E-state index contributed by atoms with van der Waals surface area (Å²) < 4.78 is 19.2. The maximum atomic E-state index is 13.8. The molecule has 0 bridgehead atoms. The predicted molar refractivity (Wildman–Crippen MR) is 97.1 cm³/mol. The molecule has 0 aliphatic carbocycles. The number of rotatable bonds is 4. The molecule has 0 atom stereocenters. The van der Waals surface area contributed by atoms with Crippen molar-refractivity contribution in [2.24, 2.45) is 0 Å². The second-order valence-corrected chi connectivity index (χ2v) is 6.11. The fraction of sp³-hybridized carbons (Fsp3) is 0.316. The minimum atomic E-state index is -0.547. The summed E-state index contributed by atoms with van der Waals surface area (Å²) in [5.74, 6) is -0.497. The number of piperazine rings is 1. The molecule has 1 amide bonds. The van der Waals surface area contributed by atoms with E-state index in [9.17, 15) is 9.18 Å². The largest absolute Gasteiger partial charge is 0.495 e. The summed E-state index contributed by atoms with van der Waals surface area (Å²) in [7, 11) is 3.65. The maximum absolute atomic E-state index is 13.8. The first-order valence-electron chi connectivity index (χ1n) is 8.26. The Bertz CT molecular complexity index is 758. The van der Waals surface area contributed by atoms with Crippen LogP contribution in [-0.2, 0) is 0 Å². The third-order valence-electron chi connectivity index (χ3n) is 4.42. The SMILES string of the molecule is COc1ccc(N2CCN(C)CC2)cc1NC(=O)c1ccccc1F. The summed E-state index contributed by atoms with van der Waals surface area (Å²) in [4.78, 5) is 16.9. The highest BCUT2D eigenvalue weighted by Crippen LogP contribution is 2.30. The second kappa shape index (κ2) is 7.53. The zero-order valence-electron chi connectivity index (χ0n) is 14.5. The number of ether oxygens (including phenoxy) is 1. The van der Waals surface area contributed by atoms with Crippen molar-refractivity contribution in [1.82, 2.24) is 4.90 Å². The Kier molecular flexibility index (Phi) is 5.19. The lowest BCUT2D eigenvalue weighted by molar-refractivity contribution is 0.102. The van der Waals surface area contributed by atoms with Crippen molar-refractivity contribution < 1.29 is 13.9 Å². The molecule has 1 heterocycles. The Hall–Kier alpha value is -2.60. The van der Waals surface area contributed by atoms with E-state index in [0.717, 1.165) is 31.9 Å². The lowest BCUT2D eigenvalue weighted by Gasteiger charge is -2.34. The quantitative estimate of drug-likeness (QED) is 0.927. The van der Waals surface area contributed by atoms with E-state index in [0.29, 0.717) is 11.4 Å². The van der Waals surface area contributed by atoms with Crippen molar-refractivity contribution in [2.75, 3.05) is 50.6 Å². The zero-order chi connectivity index (χ0) is 17.8. The summed E-state index contributed by atoms with van der Waals surface area (Å²) >= 11 is 0. The lowest BCUT2D eigenvalue weighted by atomic mass is 10.1. The fourth-order valence-corrected chi connectivity index (χ4v) is 2.89. The van der Waals surface area contributed by atoms with Crippen molar-refractivity contribution >= 4 is 17.3 Å². The van der Waals surface area contributed by atoms with Gasteiger partial charge in [0.15, 0.2) is 0 Å². The number of methoxy groups -OCH3 is 1. The number of halogens is 1. The van der Waals surface area contributed by atoms with Gasteiger partial charge in [0.25, 0.3) is 5.91 Å². The molecular formula is C19H22FN3O2. The van der Waals surface area contributed by atoms with Crippen LogP contribution in [0.2, 0.25) is 0 Å². The van der Waals surface area contributed by atoms with Crippen LogP contribution in [0.15, 0.2) is 42.5 Å². The number of carbonyl (C=O) groups excluding carboxylic acids is 1. The molecule has 6 heteroatoms. The number of hydrogen-bond donors (Lipinski definition) is 1. The number of amides is 1. The Morgan fingerprint density at radius 3 is 2.52 bits per heavy atom. The Balaban J connectivity index is 1.83. The Morgan fingerprint density at radius 2 is 1.84 bits per heavy atom. The smallest absolute Gasteiger partial charge is 0.258 e. The monoisotopic (exact) mass is 343 g/mol. The van der Waals surface area contributed by atoms with Gasteiger partial charge in [-0.15, -0.1) is 0 Å². The third-order valence-corrected chi connectivity index (χ3v) is 4.42. The first-order valence-corrected chi connectivity index (χ1v) is 8.26. The number of benzene rings is 2. The molecule has 1 N–H and O–H groups in total. The van der Waals surface area contributed by atoms with Gasteiger partial charge in [0.05, 0.1) is 18.4 Å². The highest BCUT2D eigenvalue weighted by Gasteiger charge is 2.18. The number of likely N-dealkylation sites (N-methyl/N-ethyl adjacent to an activating group) is 1. The van der Waals surface area contributed by atoms with Crippen LogP contribution in [0.5, 0.6) is 5.75 Å². The van der Waals surface area contributed by atoms with Crippen LogP contribution in [0, 0.1) is 5.82 Å². The van der Waals surface area contributed by atoms with Gasteiger partial charge in [0, 0.05) is 31.9 Å². The van der Waals surface area contributed by atoms with Gasteiger partial charge in [0.2, 0.25) is 0 Å². The van der Waals surface area contributed by atoms with E-state index in [1.165, 1.54) is 12.1 Å². The van der Waals surface area contributed by atoms with Crippen LogP contribution < -0.4 is 15.0 Å². The van der Waals surface area contributed by atoms with E-state index in [1.807, 2.05) is 18.2 Å². The minimum absolute atomic E-state index is 0.00885. The first-order chi connectivity index (χ1) is 12.1. The van der Waals surface area contributed by atoms with E-state index in [4.69, 9.17) is 4.74 Å². The van der Waals surface area contributed by atoms with Crippen molar-refractivity contribution in [3.05, 3.63) is 53.8 Å². The topological polar surface area (TPSA) is 44.8 Å². The second-order valence-electron chi connectivity index (χ2n) is 6.11. The molecule has 1 aliphatic heterocycles. The molecule has 0 spiro atoms. The van der Waals surface area contributed by atoms with Crippen molar-refractivity contribution in [1.29, 1.82) is 0 Å². The maximum Gasteiger partial charge on any atom is 0.258 e. The predicted octanol–water partition coefficient (Wildman–Crippen LogP) is 2.84. The minimum Gasteiger partial charge on any atom is -0.495 e. The van der Waals surface area contributed by atoms with Crippen molar-refractivity contribution in [3.63, 3.8) is 0 Å². The fourth-order valence-electron chi connectivity index (χ4n) is 2.89. The summed E-state index contributed by atoms with van der Waals surface area (Å²) in [6.45, 7) is 3.82. The molecular weight excluding hydrogens is 321 g/mol. The molecule has 0 radical (unpaired) electrons. The summed E-state index contributed by atoms with van der Waals surface area (Å²) in [6.07, 6.45) is 0. The van der Waals surface area contributed by atoms with Crippen LogP contribution >= 0.6 is 0 Å². The number of anilines is 2. The molecule has 0 aromatic heterocycles. The molecule has 132 valence electrons. The molecule has 2 aromatic carbocycles. The average Bonchev–Trinajstić information content (AvgIpc) is 2.62. The van der Waals surface area contributed by atoms with Gasteiger partial charge in [-0.2, -0.15) is 0 Å². The van der Waals surface area contributed by atoms with Gasteiger partial charge in [-0.1, -0.05) is 12.1 Å². The highest BCUT2D eigenvalue weighted by molar-refractivity contribution is 6.05. The number of hydrogen-bond acceptors (Lipinski definition) is 4. The van der Waals surface area contributed by atoms with Crippen molar-refractivity contribution in [3.8, 4) is 5.75 Å². The summed E-state index contributed by atoms with van der Waals surface area (Å²) in [6, 6.07) is 11.6. The van der Waals surface area contributed by atoms with Gasteiger partial charge >= 0.3 is 0 Å². The molecule has 2 aromatic rings. The molecule has 0 saturated carbocycles. The van der Waals surface area contributed by atoms with Gasteiger partial charge in [0.1, 0.15) is 11.6 Å². The molecule has 1 fully saturated rings. The van der Waals surface area contributed by atoms with Crippen LogP contribution in [-0.4, -0.2) is 51.1 Å². The van der Waals surface area contributed by atoms with Gasteiger partial charge in [-0.05, 0) is 37.4 Å². The average molecular weight is 343 g/mol. The molecule has 3 rings (SSSR count). The number of nitrogens with one attached hydrogen (secondary N) is 1. The van der Waals surface area contributed by atoms with E-state index in [2.05, 4.69) is 22.2 Å². The van der Waals surface area contributed by atoms with E-state index in [-0.39, 0.29) is 5.56 Å². The van der Waals surface area contributed by atoms with Crippen LogP contribution in [0.1, 0.15) is 10.4 Å². The Morgan fingerprint density at radius 1 is 1.12 bits per heavy atom. The van der Waals surface area contributed by atoms with Gasteiger partial charge < -0.3 is 19.9 Å². The number of nitrogens with zero attached hydrogens (tertiary/aromatic N) is 2. The van der Waals surface area contributed by atoms with E-state index >= 15 is 0 Å². The van der Waals surface area contributed by atoms with Gasteiger partial charge in [-0.25, -0.2) is 4.39 Å². The van der Waals surface area contributed by atoms with Gasteiger partial charge in [-0.3, -0.25) is 4.79 Å². The van der Waals surface area contributed by atoms with Crippen LogP contribution in [0.3, 0.4) is 0 Å². The summed E-state index contributed by atoms with van der Waals surface area (Å²) in [5, 5.41) is 2.77. The Labute approximate surface area is 147 Å². The molecule has 0 unspecified atom stereocenters. The normalized spacial score (nSPS) is 15.1.